The molecule has 0 saturated carbocycles. The maximum Gasteiger partial charge on any atom is 0.303 e. The summed E-state index contributed by atoms with van der Waals surface area (Å²) in [6.07, 6.45) is 3.86. The first-order chi connectivity index (χ1) is 4.27. The van der Waals surface area contributed by atoms with Crippen LogP contribution in [0.2, 0.25) is 0 Å². The molecule has 1 N–H and O–H groups in total. The number of halogens is 1. The van der Waals surface area contributed by atoms with Crippen LogP contribution in [-0.2, 0) is 4.79 Å². The van der Waals surface area contributed by atoms with E-state index < -0.39 is 5.97 Å². The van der Waals surface area contributed by atoms with Gasteiger partial charge in [-0.1, -0.05) is 28.7 Å². The normalized spacial score (nSPS) is 10.3. The van der Waals surface area contributed by atoms with Crippen LogP contribution in [0.4, 0.5) is 0 Å². The molecule has 0 aliphatic rings. The van der Waals surface area contributed by atoms with Gasteiger partial charge in [-0.25, -0.2) is 0 Å². The van der Waals surface area contributed by atoms with E-state index in [0.29, 0.717) is 0 Å². The third kappa shape index (κ3) is 7.94. The molecular formula is C6H9IO2. The van der Waals surface area contributed by atoms with Gasteiger partial charge in [0.05, 0.1) is 0 Å². The lowest BCUT2D eigenvalue weighted by Gasteiger charge is -1.87. The maximum atomic E-state index is 9.94. The van der Waals surface area contributed by atoms with E-state index in [0.717, 1.165) is 12.8 Å². The summed E-state index contributed by atoms with van der Waals surface area (Å²) in [6.45, 7) is 0. The van der Waals surface area contributed by atoms with Crippen LogP contribution in [-0.4, -0.2) is 11.1 Å². The first-order valence-electron chi connectivity index (χ1n) is 2.74. The van der Waals surface area contributed by atoms with Crippen LogP contribution < -0.4 is 0 Å². The van der Waals surface area contributed by atoms with Crippen molar-refractivity contribution in [1.82, 2.24) is 0 Å². The van der Waals surface area contributed by atoms with Crippen molar-refractivity contribution in [3.8, 4) is 0 Å². The molecular weight excluding hydrogens is 231 g/mol. The molecule has 2 nitrogen and oxygen atoms in total. The molecule has 0 spiro atoms. The van der Waals surface area contributed by atoms with Gasteiger partial charge in [0.2, 0.25) is 0 Å². The minimum absolute atomic E-state index is 0.279. The highest BCUT2D eigenvalue weighted by Crippen LogP contribution is 1.97. The molecule has 0 saturated heterocycles. The van der Waals surface area contributed by atoms with Crippen molar-refractivity contribution < 1.29 is 9.90 Å². The molecule has 0 rings (SSSR count). The van der Waals surface area contributed by atoms with Gasteiger partial charge in [-0.2, -0.15) is 0 Å². The van der Waals surface area contributed by atoms with Gasteiger partial charge < -0.3 is 5.11 Å². The van der Waals surface area contributed by atoms with E-state index in [4.69, 9.17) is 5.11 Å². The van der Waals surface area contributed by atoms with E-state index in [1.165, 1.54) is 0 Å². The minimum atomic E-state index is -0.711. The molecule has 3 heteroatoms. The number of hydrogen-bond acceptors (Lipinski definition) is 1. The van der Waals surface area contributed by atoms with Crippen molar-refractivity contribution >= 4 is 28.6 Å². The number of carboxylic acids is 1. The van der Waals surface area contributed by atoms with Crippen molar-refractivity contribution in [3.63, 3.8) is 0 Å². The van der Waals surface area contributed by atoms with Gasteiger partial charge in [-0.3, -0.25) is 4.79 Å². The van der Waals surface area contributed by atoms with Crippen LogP contribution >= 0.6 is 22.6 Å². The Kier molecular flexibility index (Phi) is 6.03. The average Bonchev–Trinajstić information content (AvgIpc) is 1.80. The predicted molar refractivity (Wildman–Crippen MR) is 44.6 cm³/mol. The number of carboxylic acid groups (broad SMARTS) is 1. The predicted octanol–water partition coefficient (Wildman–Crippen LogP) is 2.19. The maximum absolute atomic E-state index is 9.94. The molecule has 0 fully saturated rings. The molecule has 52 valence electrons. The van der Waals surface area contributed by atoms with Gasteiger partial charge in [0.25, 0.3) is 0 Å². The summed E-state index contributed by atoms with van der Waals surface area (Å²) in [7, 11) is 0. The monoisotopic (exact) mass is 240 g/mol. The molecule has 9 heavy (non-hydrogen) atoms. The zero-order valence-electron chi connectivity index (χ0n) is 5.01. The molecule has 0 heterocycles. The van der Waals surface area contributed by atoms with Crippen LogP contribution in [0.3, 0.4) is 0 Å². The first kappa shape index (κ1) is 8.94. The van der Waals surface area contributed by atoms with Crippen LogP contribution in [0.1, 0.15) is 19.3 Å². The van der Waals surface area contributed by atoms with Gasteiger partial charge in [-0.15, -0.1) is 0 Å². The molecule has 0 aliphatic heterocycles. The summed E-state index contributed by atoms with van der Waals surface area (Å²) in [5.41, 5.74) is 0. The zero-order valence-corrected chi connectivity index (χ0v) is 7.17. The summed E-state index contributed by atoms with van der Waals surface area (Å²) in [5.74, 6) is -0.711. The fourth-order valence-corrected chi connectivity index (χ4v) is 0.794. The van der Waals surface area contributed by atoms with Crippen LogP contribution in [0, 0.1) is 0 Å². The highest BCUT2D eigenvalue weighted by atomic mass is 127. The molecule has 0 atom stereocenters. The Morgan fingerprint density at radius 3 is 2.78 bits per heavy atom. The van der Waals surface area contributed by atoms with E-state index in [9.17, 15) is 4.79 Å². The third-order valence-electron chi connectivity index (χ3n) is 0.851. The van der Waals surface area contributed by atoms with Crippen LogP contribution in [0.15, 0.2) is 10.2 Å². The summed E-state index contributed by atoms with van der Waals surface area (Å²) >= 11 is 2.12. The Morgan fingerprint density at radius 1 is 1.67 bits per heavy atom. The second-order valence-electron chi connectivity index (χ2n) is 1.65. The number of aliphatic carboxylic acids is 1. The van der Waals surface area contributed by atoms with Crippen LogP contribution in [0.5, 0.6) is 0 Å². The fraction of sp³-hybridized carbons (Fsp3) is 0.500. The van der Waals surface area contributed by atoms with E-state index in [2.05, 4.69) is 22.6 Å². The fourth-order valence-electron chi connectivity index (χ4n) is 0.434. The van der Waals surface area contributed by atoms with Gasteiger partial charge in [0.1, 0.15) is 0 Å². The highest BCUT2D eigenvalue weighted by molar-refractivity contribution is 14.1. The summed E-state index contributed by atoms with van der Waals surface area (Å²) < 4.78 is 1.90. The number of allylic oxidation sites excluding steroid dienone is 1. The number of rotatable bonds is 4. The summed E-state index contributed by atoms with van der Waals surface area (Å²) in [4.78, 5) is 9.94. The van der Waals surface area contributed by atoms with E-state index in [-0.39, 0.29) is 6.42 Å². The average molecular weight is 240 g/mol. The number of unbranched alkanes of at least 4 members (excludes halogenated alkanes) is 1. The second-order valence-corrected chi connectivity index (χ2v) is 2.37. The Bertz CT molecular complexity index is 110. The van der Waals surface area contributed by atoms with Crippen molar-refractivity contribution in [2.75, 3.05) is 0 Å². The third-order valence-corrected chi connectivity index (χ3v) is 1.36. The van der Waals surface area contributed by atoms with Crippen LogP contribution in [0.25, 0.3) is 0 Å². The molecule has 0 amide bonds. The molecule has 0 radical (unpaired) electrons. The number of hydrogen-bond donors (Lipinski definition) is 1. The first-order valence-corrected chi connectivity index (χ1v) is 3.99. The number of carbonyl (C=O) groups is 1. The Labute approximate surface area is 68.1 Å². The van der Waals surface area contributed by atoms with Gasteiger partial charge in [0, 0.05) is 6.42 Å². The standard InChI is InChI=1S/C6H9IO2/c7-5-3-1-2-4-6(8)9/h3,5H,1-2,4H2,(H,8,9). The highest BCUT2D eigenvalue weighted by Gasteiger charge is 1.92. The summed E-state index contributed by atoms with van der Waals surface area (Å²) in [6, 6.07) is 0. The van der Waals surface area contributed by atoms with E-state index in [1.807, 2.05) is 10.2 Å². The van der Waals surface area contributed by atoms with E-state index in [1.54, 1.807) is 0 Å². The minimum Gasteiger partial charge on any atom is -0.481 e. The van der Waals surface area contributed by atoms with Crippen molar-refractivity contribution in [1.29, 1.82) is 0 Å². The molecule has 0 unspecified atom stereocenters. The van der Waals surface area contributed by atoms with Crippen molar-refractivity contribution in [3.05, 3.63) is 10.2 Å². The lowest BCUT2D eigenvalue weighted by atomic mass is 10.2. The van der Waals surface area contributed by atoms with Gasteiger partial charge >= 0.3 is 5.97 Å². The Morgan fingerprint density at radius 2 is 2.33 bits per heavy atom. The Hall–Kier alpha value is -0.0600. The molecule has 0 aromatic rings. The molecule has 0 aromatic carbocycles. The topological polar surface area (TPSA) is 37.3 Å². The molecule has 0 bridgehead atoms. The SMILES string of the molecule is O=C(O)CCCC=CI. The smallest absolute Gasteiger partial charge is 0.303 e. The van der Waals surface area contributed by atoms with Gasteiger partial charge in [-0.05, 0) is 16.9 Å². The largest absolute Gasteiger partial charge is 0.481 e. The molecule has 0 aromatic heterocycles. The Balaban J connectivity index is 3.01. The van der Waals surface area contributed by atoms with E-state index >= 15 is 0 Å². The summed E-state index contributed by atoms with van der Waals surface area (Å²) in [5, 5.41) is 8.19. The lowest BCUT2D eigenvalue weighted by Crippen LogP contribution is -1.92. The van der Waals surface area contributed by atoms with Gasteiger partial charge in [0.15, 0.2) is 0 Å². The quantitative estimate of drug-likeness (QED) is 0.604. The van der Waals surface area contributed by atoms with Crippen molar-refractivity contribution in [2.45, 2.75) is 19.3 Å². The lowest BCUT2D eigenvalue weighted by molar-refractivity contribution is -0.137. The van der Waals surface area contributed by atoms with Crippen molar-refractivity contribution in [2.24, 2.45) is 0 Å². The zero-order chi connectivity index (χ0) is 7.11. The molecule has 0 aliphatic carbocycles. The second kappa shape index (κ2) is 6.07.